The molecule has 2 heterocycles. The fraction of sp³-hybridized carbons (Fsp3) is 0.0345. The number of rotatable bonds is 6. The van der Waals surface area contributed by atoms with Crippen LogP contribution in [0.2, 0.25) is 0 Å². The van der Waals surface area contributed by atoms with Gasteiger partial charge in [0.15, 0.2) is 0 Å². The van der Waals surface area contributed by atoms with Crippen LogP contribution in [0.25, 0.3) is 10.9 Å². The van der Waals surface area contributed by atoms with Crippen molar-refractivity contribution >= 4 is 45.7 Å². The topological polar surface area (TPSA) is 103 Å². The smallest absolute Gasteiger partial charge is 0.211 e. The number of hydrogen-bond donors (Lipinski definition) is 3. The van der Waals surface area contributed by atoms with Crippen molar-refractivity contribution in [2.24, 2.45) is 0 Å². The average Bonchev–Trinajstić information content (AvgIpc) is 2.90. The third-order valence-electron chi connectivity index (χ3n) is 5.24. The van der Waals surface area contributed by atoms with Gasteiger partial charge >= 0.3 is 0 Å². The van der Waals surface area contributed by atoms with Crippen LogP contribution in [-0.2, 0) is 4.79 Å². The summed E-state index contributed by atoms with van der Waals surface area (Å²) >= 11 is 0. The highest BCUT2D eigenvalue weighted by molar-refractivity contribution is 5.97. The van der Waals surface area contributed by atoms with Crippen molar-refractivity contribution in [2.45, 2.75) is 6.92 Å². The molecule has 36 heavy (non-hydrogen) atoms. The van der Waals surface area contributed by atoms with Crippen LogP contribution in [0.3, 0.4) is 0 Å². The van der Waals surface area contributed by atoms with Crippen molar-refractivity contribution in [3.05, 3.63) is 115 Å². The van der Waals surface area contributed by atoms with E-state index in [9.17, 15) is 10.1 Å². The lowest BCUT2D eigenvalue weighted by Crippen LogP contribution is -1.95. The van der Waals surface area contributed by atoms with Gasteiger partial charge in [-0.15, -0.1) is 0 Å². The Morgan fingerprint density at radius 1 is 0.778 bits per heavy atom. The molecule has 5 rings (SSSR count). The minimum atomic E-state index is 0.630. The largest absolute Gasteiger partial charge is 0.355 e. The van der Waals surface area contributed by atoms with E-state index in [-0.39, 0.29) is 0 Å². The highest BCUT2D eigenvalue weighted by atomic mass is 16.1. The Morgan fingerprint density at radius 2 is 1.50 bits per heavy atom. The second kappa shape index (κ2) is 11.8. The fourth-order valence-electron chi connectivity index (χ4n) is 3.64. The monoisotopic (exact) mass is 472 g/mol. The number of nitrogens with one attached hydrogen (secondary N) is 3. The Labute approximate surface area is 209 Å². The van der Waals surface area contributed by atoms with Gasteiger partial charge in [-0.25, -0.2) is 0 Å². The average molecular weight is 473 g/mol. The maximum absolute atomic E-state index is 10.3. The predicted molar refractivity (Wildman–Crippen MR) is 145 cm³/mol. The number of benzene rings is 3. The number of anilines is 5. The van der Waals surface area contributed by atoms with E-state index >= 15 is 0 Å². The van der Waals surface area contributed by atoms with E-state index in [2.05, 4.69) is 51.0 Å². The highest BCUT2D eigenvalue weighted by Crippen LogP contribution is 2.28. The van der Waals surface area contributed by atoms with Crippen molar-refractivity contribution in [3.63, 3.8) is 0 Å². The molecule has 3 aromatic carbocycles. The summed E-state index contributed by atoms with van der Waals surface area (Å²) in [5, 5.41) is 19.3. The first-order valence-corrected chi connectivity index (χ1v) is 11.2. The summed E-state index contributed by atoms with van der Waals surface area (Å²) < 4.78 is 0. The normalized spacial score (nSPS) is 9.89. The zero-order valence-corrected chi connectivity index (χ0v) is 19.6. The van der Waals surface area contributed by atoms with Crippen molar-refractivity contribution in [3.8, 4) is 6.07 Å². The van der Waals surface area contributed by atoms with Gasteiger partial charge in [0.05, 0.1) is 22.8 Å². The molecule has 0 aliphatic heterocycles. The van der Waals surface area contributed by atoms with Gasteiger partial charge in [0, 0.05) is 46.7 Å². The van der Waals surface area contributed by atoms with Gasteiger partial charge in [0.25, 0.3) is 0 Å². The third-order valence-corrected chi connectivity index (χ3v) is 5.24. The van der Waals surface area contributed by atoms with Crippen molar-refractivity contribution < 1.29 is 4.79 Å². The number of aromatic nitrogens is 2. The predicted octanol–water partition coefficient (Wildman–Crippen LogP) is 6.55. The number of amides is 1. The summed E-state index contributed by atoms with van der Waals surface area (Å²) in [6, 6.07) is 29.1. The number of fused-ring (bicyclic) bond motifs is 1. The quantitative estimate of drug-likeness (QED) is 0.242. The molecule has 2 aromatic heterocycles. The number of hydrogen-bond acceptors (Lipinski definition) is 6. The van der Waals surface area contributed by atoms with Crippen LogP contribution in [0.4, 0.5) is 28.4 Å². The van der Waals surface area contributed by atoms with E-state index in [1.54, 1.807) is 18.6 Å². The van der Waals surface area contributed by atoms with Crippen molar-refractivity contribution in [1.29, 1.82) is 5.26 Å². The second-order valence-electron chi connectivity index (χ2n) is 7.87. The van der Waals surface area contributed by atoms with E-state index in [0.717, 1.165) is 39.3 Å². The van der Waals surface area contributed by atoms with E-state index in [1.165, 1.54) is 5.56 Å². The molecule has 0 saturated carbocycles. The Bertz CT molecular complexity index is 1510. The molecule has 7 nitrogen and oxygen atoms in total. The van der Waals surface area contributed by atoms with Crippen LogP contribution in [0.5, 0.6) is 0 Å². The van der Waals surface area contributed by atoms with E-state index in [1.807, 2.05) is 72.8 Å². The summed E-state index contributed by atoms with van der Waals surface area (Å²) in [5.74, 6) is 0. The van der Waals surface area contributed by atoms with Crippen LogP contribution in [-0.4, -0.2) is 16.4 Å². The summed E-state index contributed by atoms with van der Waals surface area (Å²) in [6.07, 6.45) is 5.85. The molecule has 7 heteroatoms. The molecule has 5 aromatic rings. The molecule has 0 saturated heterocycles. The SMILES string of the molecule is Cc1cccc(Nc2ccnc3cccc(C#N)c23)c1.O=CNc1cccc(Nc2ccncc2)c1. The Balaban J connectivity index is 0.000000174. The van der Waals surface area contributed by atoms with Gasteiger partial charge < -0.3 is 16.0 Å². The molecule has 0 aliphatic carbocycles. The first-order valence-electron chi connectivity index (χ1n) is 11.2. The number of pyridine rings is 2. The summed E-state index contributed by atoms with van der Waals surface area (Å²) in [4.78, 5) is 18.6. The molecule has 0 radical (unpaired) electrons. The van der Waals surface area contributed by atoms with E-state index < -0.39 is 0 Å². The van der Waals surface area contributed by atoms with E-state index in [0.29, 0.717) is 12.0 Å². The van der Waals surface area contributed by atoms with Crippen LogP contribution in [0.15, 0.2) is 104 Å². The van der Waals surface area contributed by atoms with Crippen molar-refractivity contribution in [2.75, 3.05) is 16.0 Å². The lowest BCUT2D eigenvalue weighted by Gasteiger charge is -2.11. The summed E-state index contributed by atoms with van der Waals surface area (Å²) in [7, 11) is 0. The van der Waals surface area contributed by atoms with Crippen LogP contribution < -0.4 is 16.0 Å². The van der Waals surface area contributed by atoms with Gasteiger partial charge in [0.1, 0.15) is 0 Å². The maximum Gasteiger partial charge on any atom is 0.211 e. The van der Waals surface area contributed by atoms with Crippen LogP contribution in [0, 0.1) is 18.3 Å². The Kier molecular flexibility index (Phi) is 7.82. The lowest BCUT2D eigenvalue weighted by molar-refractivity contribution is -0.105. The Morgan fingerprint density at radius 3 is 2.25 bits per heavy atom. The molecule has 3 N–H and O–H groups in total. The maximum atomic E-state index is 10.3. The van der Waals surface area contributed by atoms with Crippen molar-refractivity contribution in [1.82, 2.24) is 9.97 Å². The molecule has 1 amide bonds. The van der Waals surface area contributed by atoms with Crippen LogP contribution >= 0.6 is 0 Å². The third kappa shape index (κ3) is 6.22. The molecule has 0 atom stereocenters. The van der Waals surface area contributed by atoms with E-state index in [4.69, 9.17) is 0 Å². The van der Waals surface area contributed by atoms with Gasteiger partial charge in [-0.1, -0.05) is 24.3 Å². The zero-order valence-electron chi connectivity index (χ0n) is 19.6. The van der Waals surface area contributed by atoms with Crippen LogP contribution in [0.1, 0.15) is 11.1 Å². The van der Waals surface area contributed by atoms with Gasteiger partial charge in [-0.05, 0) is 73.2 Å². The molecule has 0 fully saturated rings. The number of nitriles is 1. The highest BCUT2D eigenvalue weighted by Gasteiger charge is 2.07. The van der Waals surface area contributed by atoms with Gasteiger partial charge in [-0.3, -0.25) is 14.8 Å². The molecule has 176 valence electrons. The summed E-state index contributed by atoms with van der Waals surface area (Å²) in [6.45, 7) is 2.05. The molecule has 0 unspecified atom stereocenters. The molecule has 0 spiro atoms. The summed E-state index contributed by atoms with van der Waals surface area (Å²) in [5.41, 5.74) is 7.18. The van der Waals surface area contributed by atoms with Gasteiger partial charge in [0.2, 0.25) is 6.41 Å². The molecular weight excluding hydrogens is 448 g/mol. The van der Waals surface area contributed by atoms with Gasteiger partial charge in [-0.2, -0.15) is 5.26 Å². The minimum Gasteiger partial charge on any atom is -0.355 e. The molecular formula is C29H24N6O. The number of aryl methyl sites for hydroxylation is 1. The molecule has 0 bridgehead atoms. The zero-order chi connectivity index (χ0) is 25.2. The second-order valence-corrected chi connectivity index (χ2v) is 7.87. The number of carbonyl (C=O) groups is 1. The standard InChI is InChI=1S/C17H13N3.C12H11N3O/c1-12-4-2-6-14(10-12)20-16-8-9-19-15-7-3-5-13(11-18)17(15)16;16-9-14-11-2-1-3-12(8-11)15-10-4-6-13-7-5-10/h2-10H,1H3,(H,19,20);1-9H,(H,13,15)(H,14,16). The first-order chi connectivity index (χ1) is 17.7. The first kappa shape index (κ1) is 23.9. The minimum absolute atomic E-state index is 0.630. The number of carbonyl (C=O) groups excluding carboxylic acids is 1. The lowest BCUT2D eigenvalue weighted by atomic mass is 10.1. The fourth-order valence-corrected chi connectivity index (χ4v) is 3.64. The molecule has 0 aliphatic rings. The number of nitrogens with zero attached hydrogens (tertiary/aromatic N) is 3. The Hall–Kier alpha value is -5.22.